The quantitative estimate of drug-likeness (QED) is 0.473. The minimum atomic E-state index is -3.97. The van der Waals surface area contributed by atoms with E-state index in [1.54, 1.807) is 30.3 Å². The first kappa shape index (κ1) is 17.3. The second-order valence-corrected chi connectivity index (χ2v) is 7.88. The van der Waals surface area contributed by atoms with Crippen LogP contribution in [0.2, 0.25) is 0 Å². The number of aromatic nitrogens is 1. The molecule has 6 heteroatoms. The van der Waals surface area contributed by atoms with Gasteiger partial charge < -0.3 is 8.60 Å². The number of hydrogen-bond donors (Lipinski definition) is 0. The van der Waals surface area contributed by atoms with Gasteiger partial charge in [-0.3, -0.25) is 0 Å². The van der Waals surface area contributed by atoms with Gasteiger partial charge in [0.1, 0.15) is 10.4 Å². The molecule has 0 aliphatic carbocycles. The van der Waals surface area contributed by atoms with Crippen molar-refractivity contribution in [2.45, 2.75) is 18.7 Å². The molecular weight excluding hydrogens is 362 g/mol. The molecule has 0 spiro atoms. The number of para-hydroxylation sites is 2. The lowest BCUT2D eigenvalue weighted by atomic mass is 10.1. The summed E-state index contributed by atoms with van der Waals surface area (Å²) in [5.41, 5.74) is 3.72. The molecule has 4 aromatic rings. The Labute approximate surface area is 157 Å². The highest BCUT2D eigenvalue weighted by Gasteiger charge is 2.21. The van der Waals surface area contributed by atoms with Crippen LogP contribution < -0.4 is 4.18 Å². The van der Waals surface area contributed by atoms with Gasteiger partial charge in [0.15, 0.2) is 11.3 Å². The fourth-order valence-electron chi connectivity index (χ4n) is 2.74. The van der Waals surface area contributed by atoms with E-state index in [0.29, 0.717) is 22.6 Å². The molecule has 0 atom stereocenters. The maximum absolute atomic E-state index is 12.7. The van der Waals surface area contributed by atoms with E-state index in [-0.39, 0.29) is 10.6 Å². The summed E-state index contributed by atoms with van der Waals surface area (Å²) in [6.07, 6.45) is 0. The van der Waals surface area contributed by atoms with Gasteiger partial charge in [0, 0.05) is 0 Å². The summed E-state index contributed by atoms with van der Waals surface area (Å²) < 4.78 is 36.6. The van der Waals surface area contributed by atoms with Crippen LogP contribution in [0, 0.1) is 13.8 Å². The van der Waals surface area contributed by atoms with E-state index in [4.69, 9.17) is 8.60 Å². The molecule has 4 rings (SSSR count). The molecule has 0 saturated heterocycles. The molecule has 27 heavy (non-hydrogen) atoms. The summed E-state index contributed by atoms with van der Waals surface area (Å²) in [6, 6.07) is 19.1. The average molecular weight is 379 g/mol. The molecule has 136 valence electrons. The lowest BCUT2D eigenvalue weighted by molar-refractivity contribution is 0.485. The van der Waals surface area contributed by atoms with Crippen LogP contribution in [0.4, 0.5) is 0 Å². The van der Waals surface area contributed by atoms with Gasteiger partial charge in [-0.25, -0.2) is 4.98 Å². The summed E-state index contributed by atoms with van der Waals surface area (Å²) in [6.45, 7) is 3.80. The van der Waals surface area contributed by atoms with Crippen LogP contribution in [-0.2, 0) is 10.1 Å². The van der Waals surface area contributed by atoms with Gasteiger partial charge in [-0.05, 0) is 50.2 Å². The molecule has 0 saturated carbocycles. The van der Waals surface area contributed by atoms with Gasteiger partial charge in [-0.1, -0.05) is 41.5 Å². The largest absolute Gasteiger partial charge is 0.436 e. The van der Waals surface area contributed by atoms with Gasteiger partial charge in [0.2, 0.25) is 5.89 Å². The van der Waals surface area contributed by atoms with E-state index >= 15 is 0 Å². The lowest BCUT2D eigenvalue weighted by Crippen LogP contribution is -2.10. The van der Waals surface area contributed by atoms with Crippen molar-refractivity contribution in [3.8, 4) is 17.2 Å². The molecule has 5 nitrogen and oxygen atoms in total. The highest BCUT2D eigenvalue weighted by Crippen LogP contribution is 2.34. The zero-order valence-corrected chi connectivity index (χ0v) is 15.7. The Morgan fingerprint density at radius 2 is 1.59 bits per heavy atom. The van der Waals surface area contributed by atoms with Gasteiger partial charge in [-0.15, -0.1) is 0 Å². The van der Waals surface area contributed by atoms with Crippen LogP contribution in [0.25, 0.3) is 22.6 Å². The second-order valence-electron chi connectivity index (χ2n) is 6.34. The van der Waals surface area contributed by atoms with Crippen molar-refractivity contribution in [3.05, 3.63) is 77.9 Å². The highest BCUT2D eigenvalue weighted by molar-refractivity contribution is 7.87. The number of nitrogens with zero attached hydrogens (tertiary/aromatic N) is 1. The number of benzene rings is 3. The Balaban J connectivity index is 1.78. The molecule has 3 aromatic carbocycles. The average Bonchev–Trinajstić information content (AvgIpc) is 3.07. The zero-order chi connectivity index (χ0) is 19.0. The Bertz CT molecular complexity index is 1190. The van der Waals surface area contributed by atoms with E-state index in [1.165, 1.54) is 12.1 Å². The standard InChI is InChI=1S/C21H17NO4S/c1-14-7-10-16(11-8-14)27(23,24)26-19-12-9-15(2)13-17(19)21-22-18-5-3-4-6-20(18)25-21/h3-13H,1-2H3. The normalized spacial score (nSPS) is 11.6. The van der Waals surface area contributed by atoms with Gasteiger partial charge in [0.25, 0.3) is 0 Å². The van der Waals surface area contributed by atoms with Crippen molar-refractivity contribution >= 4 is 21.2 Å². The van der Waals surface area contributed by atoms with Crippen LogP contribution in [-0.4, -0.2) is 13.4 Å². The number of rotatable bonds is 4. The molecule has 1 aromatic heterocycles. The summed E-state index contributed by atoms with van der Waals surface area (Å²) >= 11 is 0. The SMILES string of the molecule is Cc1ccc(S(=O)(=O)Oc2ccc(C)cc2-c2nc3ccccc3o2)cc1. The molecule has 0 N–H and O–H groups in total. The van der Waals surface area contributed by atoms with Crippen LogP contribution in [0.1, 0.15) is 11.1 Å². The minimum Gasteiger partial charge on any atom is -0.436 e. The number of fused-ring (bicyclic) bond motifs is 1. The number of aryl methyl sites for hydroxylation is 2. The molecule has 0 fully saturated rings. The van der Waals surface area contributed by atoms with E-state index in [0.717, 1.165) is 11.1 Å². The third-order valence-corrected chi connectivity index (χ3v) is 5.42. The van der Waals surface area contributed by atoms with Crippen molar-refractivity contribution in [1.82, 2.24) is 4.98 Å². The van der Waals surface area contributed by atoms with Gasteiger partial charge in [-0.2, -0.15) is 8.42 Å². The lowest BCUT2D eigenvalue weighted by Gasteiger charge is -2.11. The summed E-state index contributed by atoms with van der Waals surface area (Å²) in [7, 11) is -3.97. The first-order chi connectivity index (χ1) is 12.9. The Morgan fingerprint density at radius 3 is 2.33 bits per heavy atom. The van der Waals surface area contributed by atoms with Crippen LogP contribution in [0.5, 0.6) is 5.75 Å². The first-order valence-electron chi connectivity index (χ1n) is 8.40. The molecule has 0 amide bonds. The van der Waals surface area contributed by atoms with Crippen LogP contribution >= 0.6 is 0 Å². The molecule has 1 heterocycles. The fourth-order valence-corrected chi connectivity index (χ4v) is 3.69. The molecule has 0 aliphatic rings. The monoisotopic (exact) mass is 379 g/mol. The molecule has 0 unspecified atom stereocenters. The zero-order valence-electron chi connectivity index (χ0n) is 14.8. The molecule has 0 radical (unpaired) electrons. The third-order valence-electron chi connectivity index (χ3n) is 4.17. The molecule has 0 aliphatic heterocycles. The van der Waals surface area contributed by atoms with Gasteiger partial charge in [0.05, 0.1) is 5.56 Å². The predicted octanol–water partition coefficient (Wildman–Crippen LogP) is 4.88. The maximum atomic E-state index is 12.7. The summed E-state index contributed by atoms with van der Waals surface area (Å²) in [5, 5.41) is 0. The maximum Gasteiger partial charge on any atom is 0.339 e. The minimum absolute atomic E-state index is 0.0946. The molecule has 0 bridgehead atoms. The number of oxazole rings is 1. The summed E-state index contributed by atoms with van der Waals surface area (Å²) in [4.78, 5) is 4.55. The predicted molar refractivity (Wildman–Crippen MR) is 103 cm³/mol. The van der Waals surface area contributed by atoms with E-state index in [1.807, 2.05) is 38.1 Å². The van der Waals surface area contributed by atoms with E-state index < -0.39 is 10.1 Å². The topological polar surface area (TPSA) is 69.4 Å². The third kappa shape index (κ3) is 3.44. The number of hydrogen-bond acceptors (Lipinski definition) is 5. The van der Waals surface area contributed by atoms with Crippen LogP contribution in [0.15, 0.2) is 76.0 Å². The van der Waals surface area contributed by atoms with Crippen molar-refractivity contribution in [2.24, 2.45) is 0 Å². The van der Waals surface area contributed by atoms with E-state index in [9.17, 15) is 8.42 Å². The van der Waals surface area contributed by atoms with Crippen molar-refractivity contribution in [3.63, 3.8) is 0 Å². The van der Waals surface area contributed by atoms with Crippen LogP contribution in [0.3, 0.4) is 0 Å². The Kier molecular flexibility index (Phi) is 4.20. The van der Waals surface area contributed by atoms with Gasteiger partial charge >= 0.3 is 10.1 Å². The summed E-state index contributed by atoms with van der Waals surface area (Å²) in [5.74, 6) is 0.488. The van der Waals surface area contributed by atoms with E-state index in [2.05, 4.69) is 4.98 Å². The Hall–Kier alpha value is -3.12. The highest BCUT2D eigenvalue weighted by atomic mass is 32.2. The fraction of sp³-hybridized carbons (Fsp3) is 0.0952. The second kappa shape index (κ2) is 6.55. The van der Waals surface area contributed by atoms with Crippen molar-refractivity contribution in [1.29, 1.82) is 0 Å². The van der Waals surface area contributed by atoms with Crippen molar-refractivity contribution < 1.29 is 17.0 Å². The van der Waals surface area contributed by atoms with Crippen molar-refractivity contribution in [2.75, 3.05) is 0 Å². The first-order valence-corrected chi connectivity index (χ1v) is 9.81. The smallest absolute Gasteiger partial charge is 0.339 e. The molecular formula is C21H17NO4S. The Morgan fingerprint density at radius 1 is 0.889 bits per heavy atom.